The van der Waals surface area contributed by atoms with Crippen molar-refractivity contribution in [1.82, 2.24) is 0 Å². The van der Waals surface area contributed by atoms with Gasteiger partial charge in [-0.25, -0.2) is 0 Å². The minimum atomic E-state index is -0.0102. The number of nitrogens with two attached hydrogens (primary N) is 1. The molecule has 0 unspecified atom stereocenters. The van der Waals surface area contributed by atoms with E-state index in [9.17, 15) is 4.79 Å². The Morgan fingerprint density at radius 1 is 1.15 bits per heavy atom. The van der Waals surface area contributed by atoms with E-state index in [0.717, 1.165) is 5.56 Å². The summed E-state index contributed by atoms with van der Waals surface area (Å²) in [6.07, 6.45) is 0.320. The first-order chi connectivity index (χ1) is 9.70. The van der Waals surface area contributed by atoms with Gasteiger partial charge in [0.1, 0.15) is 12.4 Å². The largest absolute Gasteiger partial charge is 0.487 e. The third kappa shape index (κ3) is 3.83. The van der Waals surface area contributed by atoms with Crippen LogP contribution in [0.4, 0.5) is 0 Å². The van der Waals surface area contributed by atoms with Crippen molar-refractivity contribution in [3.05, 3.63) is 64.7 Å². The molecule has 0 heterocycles. The van der Waals surface area contributed by atoms with Crippen LogP contribution in [-0.4, -0.2) is 12.3 Å². The molecule has 0 fully saturated rings. The van der Waals surface area contributed by atoms with Crippen LogP contribution >= 0.6 is 11.6 Å². The molecule has 0 aromatic heterocycles. The number of hydrogen-bond donors (Lipinski definition) is 1. The van der Waals surface area contributed by atoms with Crippen molar-refractivity contribution < 1.29 is 9.53 Å². The summed E-state index contributed by atoms with van der Waals surface area (Å²) in [6, 6.07) is 14.9. The van der Waals surface area contributed by atoms with Crippen molar-refractivity contribution in [2.75, 3.05) is 6.54 Å². The number of hydrogen-bond acceptors (Lipinski definition) is 3. The zero-order valence-electron chi connectivity index (χ0n) is 11.0. The minimum absolute atomic E-state index is 0.0102. The molecule has 104 valence electrons. The summed E-state index contributed by atoms with van der Waals surface area (Å²) in [7, 11) is 0. The zero-order chi connectivity index (χ0) is 14.4. The summed E-state index contributed by atoms with van der Waals surface area (Å²) in [6.45, 7) is 0.777. The topological polar surface area (TPSA) is 52.3 Å². The Balaban J connectivity index is 2.04. The van der Waals surface area contributed by atoms with Gasteiger partial charge in [0.2, 0.25) is 0 Å². The standard InChI is InChI=1S/C16H16ClNO2/c17-14-10-13(15(19)8-9-18)6-7-16(14)20-11-12-4-2-1-3-5-12/h1-7,10H,8-9,11,18H2. The van der Waals surface area contributed by atoms with Gasteiger partial charge in [-0.2, -0.15) is 0 Å². The van der Waals surface area contributed by atoms with Gasteiger partial charge in [0, 0.05) is 12.0 Å². The van der Waals surface area contributed by atoms with Crippen LogP contribution in [0.2, 0.25) is 5.02 Å². The Labute approximate surface area is 123 Å². The maximum absolute atomic E-state index is 11.7. The molecule has 0 aliphatic carbocycles. The van der Waals surface area contributed by atoms with E-state index in [1.165, 1.54) is 0 Å². The van der Waals surface area contributed by atoms with Crippen LogP contribution in [-0.2, 0) is 6.61 Å². The fourth-order valence-corrected chi connectivity index (χ4v) is 2.04. The van der Waals surface area contributed by atoms with Crippen LogP contribution in [0.1, 0.15) is 22.3 Å². The second-order valence-corrected chi connectivity index (χ2v) is 4.79. The van der Waals surface area contributed by atoms with Crippen LogP contribution in [0.15, 0.2) is 48.5 Å². The third-order valence-corrected chi connectivity index (χ3v) is 3.16. The second-order valence-electron chi connectivity index (χ2n) is 4.38. The Kier molecular flexibility index (Phi) is 5.16. The summed E-state index contributed by atoms with van der Waals surface area (Å²) in [4.78, 5) is 11.7. The first kappa shape index (κ1) is 14.6. The van der Waals surface area contributed by atoms with E-state index in [-0.39, 0.29) is 5.78 Å². The van der Waals surface area contributed by atoms with Gasteiger partial charge in [-0.3, -0.25) is 4.79 Å². The normalized spacial score (nSPS) is 10.3. The highest BCUT2D eigenvalue weighted by molar-refractivity contribution is 6.32. The fourth-order valence-electron chi connectivity index (χ4n) is 1.80. The highest BCUT2D eigenvalue weighted by Crippen LogP contribution is 2.26. The lowest BCUT2D eigenvalue weighted by Gasteiger charge is -2.09. The number of carbonyl (C=O) groups excluding carboxylic acids is 1. The number of rotatable bonds is 6. The number of ketones is 1. The predicted octanol–water partition coefficient (Wildman–Crippen LogP) is 3.45. The smallest absolute Gasteiger partial charge is 0.164 e. The molecule has 2 rings (SSSR count). The summed E-state index contributed by atoms with van der Waals surface area (Å²) in [5.41, 5.74) is 6.99. The molecule has 0 aliphatic heterocycles. The minimum Gasteiger partial charge on any atom is -0.487 e. The molecule has 0 saturated heterocycles. The van der Waals surface area contributed by atoms with E-state index in [4.69, 9.17) is 22.1 Å². The molecule has 0 amide bonds. The van der Waals surface area contributed by atoms with E-state index in [1.54, 1.807) is 18.2 Å². The lowest BCUT2D eigenvalue weighted by atomic mass is 10.1. The predicted molar refractivity (Wildman–Crippen MR) is 80.2 cm³/mol. The van der Waals surface area contributed by atoms with E-state index in [2.05, 4.69) is 0 Å². The molecule has 20 heavy (non-hydrogen) atoms. The van der Waals surface area contributed by atoms with E-state index in [1.807, 2.05) is 30.3 Å². The SMILES string of the molecule is NCCC(=O)c1ccc(OCc2ccccc2)c(Cl)c1. The maximum Gasteiger partial charge on any atom is 0.164 e. The summed E-state index contributed by atoms with van der Waals surface area (Å²) < 4.78 is 5.65. The third-order valence-electron chi connectivity index (χ3n) is 2.86. The van der Waals surface area contributed by atoms with Crippen molar-refractivity contribution in [2.24, 2.45) is 5.73 Å². The van der Waals surface area contributed by atoms with Crippen LogP contribution in [0.3, 0.4) is 0 Å². The fraction of sp³-hybridized carbons (Fsp3) is 0.188. The van der Waals surface area contributed by atoms with Crippen LogP contribution in [0, 0.1) is 0 Å². The van der Waals surface area contributed by atoms with Gasteiger partial charge in [0.15, 0.2) is 5.78 Å². The van der Waals surface area contributed by atoms with Gasteiger partial charge in [-0.15, -0.1) is 0 Å². The molecule has 0 spiro atoms. The van der Waals surface area contributed by atoms with Gasteiger partial charge >= 0.3 is 0 Å². The number of benzene rings is 2. The number of halogens is 1. The van der Waals surface area contributed by atoms with Crippen LogP contribution in [0.5, 0.6) is 5.75 Å². The average Bonchev–Trinajstić information content (AvgIpc) is 2.47. The second kappa shape index (κ2) is 7.08. The van der Waals surface area contributed by atoms with Crippen molar-refractivity contribution >= 4 is 17.4 Å². The molecule has 0 bridgehead atoms. The van der Waals surface area contributed by atoms with Crippen molar-refractivity contribution in [3.63, 3.8) is 0 Å². The lowest BCUT2D eigenvalue weighted by Crippen LogP contribution is -2.08. The Bertz CT molecular complexity index is 584. The van der Waals surface area contributed by atoms with Gasteiger partial charge in [0.05, 0.1) is 5.02 Å². The lowest BCUT2D eigenvalue weighted by molar-refractivity contribution is 0.0985. The molecule has 4 heteroatoms. The van der Waals surface area contributed by atoms with Crippen LogP contribution in [0.25, 0.3) is 0 Å². The Hall–Kier alpha value is -1.84. The van der Waals surface area contributed by atoms with E-state index >= 15 is 0 Å². The molecular formula is C16H16ClNO2. The molecule has 2 aromatic carbocycles. The molecule has 2 N–H and O–H groups in total. The molecule has 2 aromatic rings. The van der Waals surface area contributed by atoms with Crippen LogP contribution < -0.4 is 10.5 Å². The van der Waals surface area contributed by atoms with Gasteiger partial charge in [0.25, 0.3) is 0 Å². The molecule has 0 saturated carbocycles. The van der Waals surface area contributed by atoms with Gasteiger partial charge in [-0.05, 0) is 30.3 Å². The molecule has 3 nitrogen and oxygen atoms in total. The first-order valence-electron chi connectivity index (χ1n) is 6.40. The van der Waals surface area contributed by atoms with Gasteiger partial charge in [-0.1, -0.05) is 41.9 Å². The van der Waals surface area contributed by atoms with E-state index in [0.29, 0.717) is 35.9 Å². The molecular weight excluding hydrogens is 274 g/mol. The molecule has 0 atom stereocenters. The van der Waals surface area contributed by atoms with E-state index < -0.39 is 0 Å². The summed E-state index contributed by atoms with van der Waals surface area (Å²) >= 11 is 6.13. The molecule has 0 radical (unpaired) electrons. The Morgan fingerprint density at radius 2 is 1.90 bits per heavy atom. The summed E-state index contributed by atoms with van der Waals surface area (Å²) in [5.74, 6) is 0.559. The monoisotopic (exact) mass is 289 g/mol. The number of ether oxygens (including phenoxy) is 1. The maximum atomic E-state index is 11.7. The summed E-state index contributed by atoms with van der Waals surface area (Å²) in [5, 5.41) is 0.434. The van der Waals surface area contributed by atoms with Gasteiger partial charge < -0.3 is 10.5 Å². The first-order valence-corrected chi connectivity index (χ1v) is 6.78. The highest BCUT2D eigenvalue weighted by atomic mass is 35.5. The van der Waals surface area contributed by atoms with Crippen molar-refractivity contribution in [2.45, 2.75) is 13.0 Å². The zero-order valence-corrected chi connectivity index (χ0v) is 11.8. The number of carbonyl (C=O) groups is 1. The quantitative estimate of drug-likeness (QED) is 0.829. The average molecular weight is 290 g/mol. The van der Waals surface area contributed by atoms with Crippen molar-refractivity contribution in [3.8, 4) is 5.75 Å². The Morgan fingerprint density at radius 3 is 2.55 bits per heavy atom. The molecule has 0 aliphatic rings. The number of Topliss-reactive ketones (excluding diaryl/α,β-unsaturated/α-hetero) is 1. The van der Waals surface area contributed by atoms with Crippen molar-refractivity contribution in [1.29, 1.82) is 0 Å². The highest BCUT2D eigenvalue weighted by Gasteiger charge is 2.09.